The first-order chi connectivity index (χ1) is 9.61. The van der Waals surface area contributed by atoms with Gasteiger partial charge in [-0.15, -0.1) is 0 Å². The van der Waals surface area contributed by atoms with Crippen LogP contribution in [0.5, 0.6) is 0 Å². The van der Waals surface area contributed by atoms with E-state index in [1.54, 1.807) is 23.5 Å². The lowest BCUT2D eigenvalue weighted by Gasteiger charge is -2.17. The van der Waals surface area contributed by atoms with Crippen molar-refractivity contribution in [3.8, 4) is 0 Å². The summed E-state index contributed by atoms with van der Waals surface area (Å²) in [5, 5.41) is 7.53. The van der Waals surface area contributed by atoms with Gasteiger partial charge in [-0.3, -0.25) is 0 Å². The number of rotatable bonds is 5. The Kier molecular flexibility index (Phi) is 4.63. The van der Waals surface area contributed by atoms with Crippen LogP contribution in [0.2, 0.25) is 0 Å². The zero-order valence-electron chi connectivity index (χ0n) is 11.6. The molecule has 3 N–H and O–H groups in total. The summed E-state index contributed by atoms with van der Waals surface area (Å²) in [4.78, 5) is 11.6. The zero-order valence-corrected chi connectivity index (χ0v) is 12.4. The Morgan fingerprint density at radius 2 is 2.25 bits per heavy atom. The molecule has 5 heteroatoms. The number of benzene rings is 1. The SMILES string of the molecule is COC(=O)c1cccc(NC(C)Cc2ccsc2)c1N. The maximum Gasteiger partial charge on any atom is 0.340 e. The number of carbonyl (C=O) groups is 1. The molecule has 1 unspecified atom stereocenters. The van der Waals surface area contributed by atoms with Gasteiger partial charge in [-0.05, 0) is 47.9 Å². The summed E-state index contributed by atoms with van der Waals surface area (Å²) in [5.74, 6) is -0.420. The van der Waals surface area contributed by atoms with Crippen LogP contribution in [0, 0.1) is 0 Å². The molecule has 20 heavy (non-hydrogen) atoms. The molecular weight excluding hydrogens is 272 g/mol. The van der Waals surface area contributed by atoms with Gasteiger partial charge < -0.3 is 15.8 Å². The van der Waals surface area contributed by atoms with Crippen LogP contribution in [-0.4, -0.2) is 19.1 Å². The molecule has 0 aliphatic rings. The normalized spacial score (nSPS) is 11.9. The fourth-order valence-electron chi connectivity index (χ4n) is 2.06. The Morgan fingerprint density at radius 1 is 1.45 bits per heavy atom. The fraction of sp³-hybridized carbons (Fsp3) is 0.267. The van der Waals surface area contributed by atoms with Gasteiger partial charge in [-0.25, -0.2) is 4.79 Å². The van der Waals surface area contributed by atoms with Gasteiger partial charge in [-0.1, -0.05) is 6.07 Å². The number of thiophene rings is 1. The van der Waals surface area contributed by atoms with E-state index in [1.165, 1.54) is 12.7 Å². The molecule has 1 aromatic carbocycles. The van der Waals surface area contributed by atoms with Crippen molar-refractivity contribution in [1.29, 1.82) is 0 Å². The molecular formula is C15H18N2O2S. The van der Waals surface area contributed by atoms with Crippen LogP contribution >= 0.6 is 11.3 Å². The number of hydrogen-bond acceptors (Lipinski definition) is 5. The van der Waals surface area contributed by atoms with Gasteiger partial charge in [0, 0.05) is 6.04 Å². The molecule has 0 aliphatic heterocycles. The smallest absolute Gasteiger partial charge is 0.340 e. The summed E-state index contributed by atoms with van der Waals surface area (Å²) in [6, 6.07) is 7.65. The van der Waals surface area contributed by atoms with E-state index < -0.39 is 5.97 Å². The number of nitrogens with two attached hydrogens (primary N) is 1. The summed E-state index contributed by atoms with van der Waals surface area (Å²) in [5.41, 5.74) is 8.89. The van der Waals surface area contributed by atoms with Gasteiger partial charge in [0.15, 0.2) is 0 Å². The lowest BCUT2D eigenvalue weighted by atomic mass is 10.1. The van der Waals surface area contributed by atoms with Crippen LogP contribution in [-0.2, 0) is 11.2 Å². The average molecular weight is 290 g/mol. The molecule has 0 bridgehead atoms. The van der Waals surface area contributed by atoms with Gasteiger partial charge in [-0.2, -0.15) is 11.3 Å². The van der Waals surface area contributed by atoms with Crippen LogP contribution in [0.4, 0.5) is 11.4 Å². The third-order valence-electron chi connectivity index (χ3n) is 3.04. The first-order valence-electron chi connectivity index (χ1n) is 6.36. The molecule has 1 aromatic heterocycles. The van der Waals surface area contributed by atoms with E-state index in [-0.39, 0.29) is 6.04 Å². The van der Waals surface area contributed by atoms with Crippen LogP contribution < -0.4 is 11.1 Å². The van der Waals surface area contributed by atoms with Gasteiger partial charge in [0.2, 0.25) is 0 Å². The zero-order chi connectivity index (χ0) is 14.5. The van der Waals surface area contributed by atoms with E-state index in [2.05, 4.69) is 29.1 Å². The number of methoxy groups -OCH3 is 1. The van der Waals surface area contributed by atoms with Crippen LogP contribution in [0.3, 0.4) is 0 Å². The maximum absolute atomic E-state index is 11.6. The molecule has 0 aliphatic carbocycles. The van der Waals surface area contributed by atoms with Gasteiger partial charge in [0.25, 0.3) is 0 Å². The number of anilines is 2. The largest absolute Gasteiger partial charge is 0.465 e. The van der Waals surface area contributed by atoms with Crippen LogP contribution in [0.15, 0.2) is 35.0 Å². The minimum Gasteiger partial charge on any atom is -0.465 e. The predicted octanol–water partition coefficient (Wildman–Crippen LogP) is 3.16. The summed E-state index contributed by atoms with van der Waals surface area (Å²) >= 11 is 1.69. The average Bonchev–Trinajstić information content (AvgIpc) is 2.93. The van der Waals surface area contributed by atoms with Crippen molar-refractivity contribution < 1.29 is 9.53 Å². The quantitative estimate of drug-likeness (QED) is 0.656. The van der Waals surface area contributed by atoms with Crippen molar-refractivity contribution in [2.45, 2.75) is 19.4 Å². The maximum atomic E-state index is 11.6. The number of para-hydroxylation sites is 1. The van der Waals surface area contributed by atoms with E-state index in [0.29, 0.717) is 11.3 Å². The molecule has 0 fully saturated rings. The Morgan fingerprint density at radius 3 is 2.90 bits per heavy atom. The van der Waals surface area contributed by atoms with Crippen LogP contribution in [0.1, 0.15) is 22.8 Å². The molecule has 0 spiro atoms. The van der Waals surface area contributed by atoms with Crippen LogP contribution in [0.25, 0.3) is 0 Å². The summed E-state index contributed by atoms with van der Waals surface area (Å²) in [7, 11) is 1.35. The van der Waals surface area contributed by atoms with Gasteiger partial charge in [0.05, 0.1) is 24.0 Å². The number of nitrogen functional groups attached to an aromatic ring is 1. The second-order valence-electron chi connectivity index (χ2n) is 4.64. The highest BCUT2D eigenvalue weighted by Crippen LogP contribution is 2.24. The number of esters is 1. The van der Waals surface area contributed by atoms with E-state index in [4.69, 9.17) is 10.5 Å². The first-order valence-corrected chi connectivity index (χ1v) is 7.30. The first kappa shape index (κ1) is 14.4. The Labute approximate surface area is 122 Å². The van der Waals surface area contributed by atoms with E-state index >= 15 is 0 Å². The Bertz CT molecular complexity index is 582. The highest BCUT2D eigenvalue weighted by Gasteiger charge is 2.14. The lowest BCUT2D eigenvalue weighted by Crippen LogP contribution is -2.19. The lowest BCUT2D eigenvalue weighted by molar-refractivity contribution is 0.0602. The summed E-state index contributed by atoms with van der Waals surface area (Å²) in [6.45, 7) is 2.09. The second kappa shape index (κ2) is 6.43. The van der Waals surface area contributed by atoms with E-state index in [1.807, 2.05) is 6.07 Å². The monoisotopic (exact) mass is 290 g/mol. The third kappa shape index (κ3) is 3.30. The van der Waals surface area contributed by atoms with E-state index in [9.17, 15) is 4.79 Å². The Balaban J connectivity index is 2.11. The standard InChI is InChI=1S/C15H18N2O2S/c1-10(8-11-6-7-20-9-11)17-13-5-3-4-12(14(13)16)15(18)19-2/h3-7,9-10,17H,8,16H2,1-2H3. The summed E-state index contributed by atoms with van der Waals surface area (Å²) in [6.07, 6.45) is 0.908. The van der Waals surface area contributed by atoms with Crippen molar-refractivity contribution >= 4 is 28.7 Å². The highest BCUT2D eigenvalue weighted by atomic mass is 32.1. The molecule has 1 atom stereocenters. The molecule has 0 amide bonds. The van der Waals surface area contributed by atoms with E-state index in [0.717, 1.165) is 12.1 Å². The minimum absolute atomic E-state index is 0.222. The molecule has 2 rings (SSSR count). The minimum atomic E-state index is -0.420. The second-order valence-corrected chi connectivity index (χ2v) is 5.42. The fourth-order valence-corrected chi connectivity index (χ4v) is 2.74. The van der Waals surface area contributed by atoms with Gasteiger partial charge in [0.1, 0.15) is 0 Å². The predicted molar refractivity (Wildman–Crippen MR) is 83.3 cm³/mol. The molecule has 1 heterocycles. The Hall–Kier alpha value is -2.01. The molecule has 106 valence electrons. The topological polar surface area (TPSA) is 64.3 Å². The molecule has 0 radical (unpaired) electrons. The number of hydrogen-bond donors (Lipinski definition) is 2. The van der Waals surface area contributed by atoms with Crippen molar-refractivity contribution in [3.63, 3.8) is 0 Å². The summed E-state index contributed by atoms with van der Waals surface area (Å²) < 4.78 is 4.72. The number of nitrogens with one attached hydrogen (secondary N) is 1. The molecule has 0 saturated carbocycles. The number of ether oxygens (including phenoxy) is 1. The van der Waals surface area contributed by atoms with Crippen molar-refractivity contribution in [1.82, 2.24) is 0 Å². The van der Waals surface area contributed by atoms with Crippen molar-refractivity contribution in [2.75, 3.05) is 18.2 Å². The molecule has 0 saturated heterocycles. The van der Waals surface area contributed by atoms with Crippen molar-refractivity contribution in [3.05, 3.63) is 46.2 Å². The highest BCUT2D eigenvalue weighted by molar-refractivity contribution is 7.07. The third-order valence-corrected chi connectivity index (χ3v) is 3.77. The van der Waals surface area contributed by atoms with Crippen molar-refractivity contribution in [2.24, 2.45) is 0 Å². The number of carbonyl (C=O) groups excluding carboxylic acids is 1. The molecule has 4 nitrogen and oxygen atoms in total. The van der Waals surface area contributed by atoms with Gasteiger partial charge >= 0.3 is 5.97 Å². The molecule has 2 aromatic rings.